The van der Waals surface area contributed by atoms with Crippen molar-refractivity contribution in [3.05, 3.63) is 11.8 Å². The van der Waals surface area contributed by atoms with E-state index in [1.807, 2.05) is 6.92 Å². The van der Waals surface area contributed by atoms with Gasteiger partial charge in [-0.25, -0.2) is 4.98 Å². The minimum Gasteiger partial charge on any atom is -0.390 e. The van der Waals surface area contributed by atoms with Crippen LogP contribution in [0.5, 0.6) is 0 Å². The molecule has 2 aliphatic carbocycles. The summed E-state index contributed by atoms with van der Waals surface area (Å²) >= 11 is 0. The van der Waals surface area contributed by atoms with Crippen molar-refractivity contribution >= 4 is 11.8 Å². The molecule has 2 saturated carbocycles. The van der Waals surface area contributed by atoms with Crippen molar-refractivity contribution in [1.29, 1.82) is 5.26 Å². The van der Waals surface area contributed by atoms with Crippen LogP contribution in [0.2, 0.25) is 0 Å². The van der Waals surface area contributed by atoms with E-state index >= 15 is 0 Å². The Morgan fingerprint density at radius 2 is 1.96 bits per heavy atom. The van der Waals surface area contributed by atoms with Crippen LogP contribution in [0, 0.1) is 11.3 Å². The quantitative estimate of drug-likeness (QED) is 0.681. The standard InChI is InChI=1S/C20H31N5O2/c1-20(26)10-4-3-5-16(11-20)23-18-14(12-21)13-22-19(25-18)24-15-6-8-17(27-2)9-7-15/h13,15-17,26H,3-11H2,1-2H3,(H2,22,23,24,25)/t15-,16-,17-,20+/m0/s1. The Morgan fingerprint density at radius 1 is 1.19 bits per heavy atom. The fourth-order valence-corrected chi connectivity index (χ4v) is 4.22. The van der Waals surface area contributed by atoms with Gasteiger partial charge in [0.15, 0.2) is 0 Å². The number of nitrogens with one attached hydrogen (secondary N) is 2. The zero-order valence-corrected chi connectivity index (χ0v) is 16.4. The molecule has 0 saturated heterocycles. The van der Waals surface area contributed by atoms with Crippen molar-refractivity contribution in [3.63, 3.8) is 0 Å². The summed E-state index contributed by atoms with van der Waals surface area (Å²) in [5.41, 5.74) is -0.234. The highest BCUT2D eigenvalue weighted by Gasteiger charge is 2.29. The van der Waals surface area contributed by atoms with E-state index in [1.165, 1.54) is 0 Å². The molecule has 7 heteroatoms. The lowest BCUT2D eigenvalue weighted by molar-refractivity contribution is 0.0420. The SMILES string of the molecule is CO[C@H]1CC[C@H](Nc2ncc(C#N)c(N[C@H]3CCCC[C@@](C)(O)C3)n2)CC1. The van der Waals surface area contributed by atoms with Gasteiger partial charge in [0.25, 0.3) is 0 Å². The number of aromatic nitrogens is 2. The van der Waals surface area contributed by atoms with Crippen molar-refractivity contribution < 1.29 is 9.84 Å². The Hall–Kier alpha value is -1.91. The number of hydrogen-bond donors (Lipinski definition) is 3. The van der Waals surface area contributed by atoms with Gasteiger partial charge in [-0.3, -0.25) is 0 Å². The topological polar surface area (TPSA) is 103 Å². The van der Waals surface area contributed by atoms with Crippen LogP contribution in [-0.2, 0) is 4.74 Å². The summed E-state index contributed by atoms with van der Waals surface area (Å²) in [6, 6.07) is 2.61. The van der Waals surface area contributed by atoms with Gasteiger partial charge in [0.1, 0.15) is 17.5 Å². The molecule has 0 aromatic carbocycles. The summed E-state index contributed by atoms with van der Waals surface area (Å²) in [5.74, 6) is 1.11. The molecule has 3 rings (SSSR count). The number of nitrogens with zero attached hydrogens (tertiary/aromatic N) is 3. The zero-order chi connectivity index (χ0) is 19.3. The highest BCUT2D eigenvalue weighted by atomic mass is 16.5. The monoisotopic (exact) mass is 373 g/mol. The fourth-order valence-electron chi connectivity index (χ4n) is 4.22. The van der Waals surface area contributed by atoms with Crippen molar-refractivity contribution in [2.24, 2.45) is 0 Å². The predicted octanol–water partition coefficient (Wildman–Crippen LogP) is 3.21. The van der Waals surface area contributed by atoms with Crippen molar-refractivity contribution in [2.45, 2.75) is 88.5 Å². The molecular formula is C20H31N5O2. The molecule has 1 aromatic heterocycles. The number of rotatable bonds is 5. The van der Waals surface area contributed by atoms with Gasteiger partial charge in [0.2, 0.25) is 5.95 Å². The molecule has 2 atom stereocenters. The van der Waals surface area contributed by atoms with E-state index in [1.54, 1.807) is 13.3 Å². The van der Waals surface area contributed by atoms with Crippen LogP contribution in [0.3, 0.4) is 0 Å². The first-order chi connectivity index (χ1) is 13.0. The molecule has 2 aliphatic rings. The number of methoxy groups -OCH3 is 1. The lowest BCUT2D eigenvalue weighted by Gasteiger charge is -2.28. The Balaban J connectivity index is 1.67. The first-order valence-electron chi connectivity index (χ1n) is 10.0. The van der Waals surface area contributed by atoms with E-state index < -0.39 is 5.60 Å². The Morgan fingerprint density at radius 3 is 2.67 bits per heavy atom. The lowest BCUT2D eigenvalue weighted by atomic mass is 9.93. The van der Waals surface area contributed by atoms with Gasteiger partial charge in [0, 0.05) is 19.2 Å². The molecule has 148 valence electrons. The molecule has 27 heavy (non-hydrogen) atoms. The van der Waals surface area contributed by atoms with E-state index in [0.29, 0.717) is 35.9 Å². The number of aliphatic hydroxyl groups is 1. The van der Waals surface area contributed by atoms with Gasteiger partial charge >= 0.3 is 0 Å². The van der Waals surface area contributed by atoms with Crippen LogP contribution in [0.1, 0.15) is 70.3 Å². The van der Waals surface area contributed by atoms with Gasteiger partial charge in [0.05, 0.1) is 17.9 Å². The predicted molar refractivity (Wildman–Crippen MR) is 105 cm³/mol. The van der Waals surface area contributed by atoms with Crippen molar-refractivity contribution in [2.75, 3.05) is 17.7 Å². The molecule has 0 unspecified atom stereocenters. The normalized spacial score (nSPS) is 31.6. The lowest BCUT2D eigenvalue weighted by Crippen LogP contribution is -2.32. The van der Waals surface area contributed by atoms with E-state index in [9.17, 15) is 10.4 Å². The van der Waals surface area contributed by atoms with E-state index in [0.717, 1.165) is 51.4 Å². The first kappa shape index (κ1) is 19.8. The fraction of sp³-hybridized carbons (Fsp3) is 0.750. The summed E-state index contributed by atoms with van der Waals surface area (Å²) in [4.78, 5) is 8.90. The second-order valence-corrected chi connectivity index (χ2v) is 8.21. The summed E-state index contributed by atoms with van der Waals surface area (Å²) in [6.45, 7) is 1.89. The van der Waals surface area contributed by atoms with Crippen molar-refractivity contribution in [3.8, 4) is 6.07 Å². The number of hydrogen-bond acceptors (Lipinski definition) is 7. The highest BCUT2D eigenvalue weighted by molar-refractivity contribution is 5.54. The van der Waals surface area contributed by atoms with Gasteiger partial charge in [-0.1, -0.05) is 12.8 Å². The first-order valence-corrected chi connectivity index (χ1v) is 10.0. The van der Waals surface area contributed by atoms with Crippen LogP contribution in [-0.4, -0.2) is 46.0 Å². The number of nitriles is 1. The molecular weight excluding hydrogens is 342 g/mol. The third kappa shape index (κ3) is 5.53. The molecule has 0 bridgehead atoms. The average molecular weight is 374 g/mol. The summed E-state index contributed by atoms with van der Waals surface area (Å²) in [7, 11) is 1.77. The molecule has 1 heterocycles. The van der Waals surface area contributed by atoms with E-state index in [4.69, 9.17) is 4.74 Å². The maximum Gasteiger partial charge on any atom is 0.224 e. The van der Waals surface area contributed by atoms with Gasteiger partial charge in [-0.05, 0) is 51.9 Å². The van der Waals surface area contributed by atoms with E-state index in [-0.39, 0.29) is 6.04 Å². The second-order valence-electron chi connectivity index (χ2n) is 8.21. The molecule has 1 aromatic rings. The Kier molecular flexibility index (Phi) is 6.51. The second kappa shape index (κ2) is 8.85. The molecule has 2 fully saturated rings. The molecule has 0 spiro atoms. The van der Waals surface area contributed by atoms with Crippen LogP contribution in [0.15, 0.2) is 6.20 Å². The summed E-state index contributed by atoms with van der Waals surface area (Å²) in [5, 5.41) is 26.7. The van der Waals surface area contributed by atoms with Crippen LogP contribution >= 0.6 is 0 Å². The molecule has 7 nitrogen and oxygen atoms in total. The smallest absolute Gasteiger partial charge is 0.224 e. The third-order valence-electron chi connectivity index (χ3n) is 5.79. The Bertz CT molecular complexity index is 665. The molecule has 0 aliphatic heterocycles. The minimum absolute atomic E-state index is 0.106. The summed E-state index contributed by atoms with van der Waals surface area (Å²) < 4.78 is 5.43. The Labute approximate surface area is 161 Å². The minimum atomic E-state index is -0.672. The third-order valence-corrected chi connectivity index (χ3v) is 5.79. The molecule has 0 radical (unpaired) electrons. The van der Waals surface area contributed by atoms with Gasteiger partial charge < -0.3 is 20.5 Å². The maximum absolute atomic E-state index is 10.5. The molecule has 3 N–H and O–H groups in total. The van der Waals surface area contributed by atoms with Crippen molar-refractivity contribution in [1.82, 2.24) is 9.97 Å². The number of anilines is 2. The van der Waals surface area contributed by atoms with Gasteiger partial charge in [-0.15, -0.1) is 0 Å². The van der Waals surface area contributed by atoms with Crippen LogP contribution < -0.4 is 10.6 Å². The summed E-state index contributed by atoms with van der Waals surface area (Å²) in [6.07, 6.45) is 10.6. The van der Waals surface area contributed by atoms with Crippen LogP contribution in [0.4, 0.5) is 11.8 Å². The number of ether oxygens (including phenoxy) is 1. The van der Waals surface area contributed by atoms with Crippen LogP contribution in [0.25, 0.3) is 0 Å². The van der Waals surface area contributed by atoms with Gasteiger partial charge in [-0.2, -0.15) is 10.2 Å². The van der Waals surface area contributed by atoms with E-state index in [2.05, 4.69) is 26.7 Å². The average Bonchev–Trinajstić information content (AvgIpc) is 2.82. The molecule has 0 amide bonds. The maximum atomic E-state index is 10.5. The zero-order valence-electron chi connectivity index (χ0n) is 16.4. The highest BCUT2D eigenvalue weighted by Crippen LogP contribution is 2.29. The largest absolute Gasteiger partial charge is 0.390 e.